The predicted molar refractivity (Wildman–Crippen MR) is 93.4 cm³/mol. The van der Waals surface area contributed by atoms with Gasteiger partial charge >= 0.3 is 6.03 Å². The molecule has 3 amide bonds. The van der Waals surface area contributed by atoms with Crippen molar-refractivity contribution in [3.63, 3.8) is 0 Å². The van der Waals surface area contributed by atoms with Gasteiger partial charge in [0.2, 0.25) is 0 Å². The van der Waals surface area contributed by atoms with Crippen LogP contribution in [0.3, 0.4) is 0 Å². The number of nitrogens with zero attached hydrogens (tertiary/aromatic N) is 1. The summed E-state index contributed by atoms with van der Waals surface area (Å²) in [6, 6.07) is 15.2. The van der Waals surface area contributed by atoms with Crippen LogP contribution in [0.15, 0.2) is 48.5 Å². The Balaban J connectivity index is 1.47. The number of aryl methyl sites for hydroxylation is 2. The van der Waals surface area contributed by atoms with Crippen molar-refractivity contribution >= 4 is 11.9 Å². The molecule has 2 aromatic rings. The van der Waals surface area contributed by atoms with Gasteiger partial charge in [0.05, 0.1) is 6.54 Å². The first kappa shape index (κ1) is 15.7. The number of imide groups is 1. The highest BCUT2D eigenvalue weighted by Crippen LogP contribution is 2.41. The van der Waals surface area contributed by atoms with Gasteiger partial charge in [-0.15, -0.1) is 0 Å². The fourth-order valence-corrected chi connectivity index (χ4v) is 3.75. The molecule has 2 aliphatic rings. The van der Waals surface area contributed by atoms with Crippen LogP contribution >= 0.6 is 0 Å². The lowest BCUT2D eigenvalue weighted by Crippen LogP contribution is -2.42. The summed E-state index contributed by atoms with van der Waals surface area (Å²) in [7, 11) is 0. The summed E-state index contributed by atoms with van der Waals surface area (Å²) in [5.74, 6) is 0.572. The van der Waals surface area contributed by atoms with Crippen molar-refractivity contribution in [2.75, 3.05) is 13.2 Å². The lowest BCUT2D eigenvalue weighted by molar-refractivity contribution is -0.131. The van der Waals surface area contributed by atoms with Crippen LogP contribution in [0.4, 0.5) is 4.79 Å². The number of hydrogen-bond acceptors (Lipinski definition) is 3. The van der Waals surface area contributed by atoms with Crippen molar-refractivity contribution in [3.8, 4) is 5.75 Å². The van der Waals surface area contributed by atoms with Crippen LogP contribution in [0.2, 0.25) is 0 Å². The van der Waals surface area contributed by atoms with Crippen molar-refractivity contribution in [2.24, 2.45) is 0 Å². The number of urea groups is 1. The van der Waals surface area contributed by atoms with Crippen LogP contribution in [0.5, 0.6) is 5.75 Å². The highest BCUT2D eigenvalue weighted by atomic mass is 16.5. The van der Waals surface area contributed by atoms with Gasteiger partial charge in [-0.2, -0.15) is 0 Å². The van der Waals surface area contributed by atoms with Crippen molar-refractivity contribution in [2.45, 2.75) is 25.3 Å². The van der Waals surface area contributed by atoms with Crippen LogP contribution in [-0.2, 0) is 16.8 Å². The third-order valence-corrected chi connectivity index (χ3v) is 5.00. The Morgan fingerprint density at radius 3 is 2.84 bits per heavy atom. The SMILES string of the molecule is Cc1cccc(OCCN2C(=O)N[C@@]3(CCc4ccccc43)C2=O)c1. The summed E-state index contributed by atoms with van der Waals surface area (Å²) < 4.78 is 5.69. The van der Waals surface area contributed by atoms with Crippen molar-refractivity contribution in [1.82, 2.24) is 10.2 Å². The summed E-state index contributed by atoms with van der Waals surface area (Å²) in [4.78, 5) is 26.7. The maximum absolute atomic E-state index is 13.0. The maximum atomic E-state index is 13.0. The molecule has 1 heterocycles. The molecule has 1 aliphatic carbocycles. The Morgan fingerprint density at radius 2 is 2.00 bits per heavy atom. The Bertz CT molecular complexity index is 848. The first-order chi connectivity index (χ1) is 12.1. The van der Waals surface area contributed by atoms with E-state index in [1.807, 2.05) is 55.5 Å². The molecule has 0 aromatic heterocycles. The monoisotopic (exact) mass is 336 g/mol. The van der Waals surface area contributed by atoms with Crippen molar-refractivity contribution in [3.05, 3.63) is 65.2 Å². The first-order valence-corrected chi connectivity index (χ1v) is 8.52. The van der Waals surface area contributed by atoms with Gasteiger partial charge in [0.25, 0.3) is 5.91 Å². The van der Waals surface area contributed by atoms with Gasteiger partial charge in [-0.25, -0.2) is 4.79 Å². The van der Waals surface area contributed by atoms with Crippen molar-refractivity contribution < 1.29 is 14.3 Å². The Hall–Kier alpha value is -2.82. The summed E-state index contributed by atoms with van der Waals surface area (Å²) in [6.45, 7) is 2.51. The lowest BCUT2D eigenvalue weighted by atomic mass is 9.92. The number of carbonyl (C=O) groups excluding carboxylic acids is 2. The molecule has 1 spiro atoms. The molecule has 128 valence electrons. The fraction of sp³-hybridized carbons (Fsp3) is 0.300. The molecule has 5 heteroatoms. The van der Waals surface area contributed by atoms with Crippen molar-refractivity contribution in [1.29, 1.82) is 0 Å². The number of ether oxygens (including phenoxy) is 1. The number of hydrogen-bond donors (Lipinski definition) is 1. The van der Waals surface area contributed by atoms with Gasteiger partial charge in [-0.1, -0.05) is 36.4 Å². The molecule has 4 rings (SSSR count). The third-order valence-electron chi connectivity index (χ3n) is 5.00. The van der Waals surface area contributed by atoms with Crippen LogP contribution < -0.4 is 10.1 Å². The molecule has 2 aromatic carbocycles. The third kappa shape index (κ3) is 2.56. The summed E-state index contributed by atoms with van der Waals surface area (Å²) >= 11 is 0. The van der Waals surface area contributed by atoms with E-state index >= 15 is 0 Å². The molecular weight excluding hydrogens is 316 g/mol. The number of fused-ring (bicyclic) bond motifs is 2. The molecule has 0 unspecified atom stereocenters. The number of benzene rings is 2. The maximum Gasteiger partial charge on any atom is 0.325 e. The Labute approximate surface area is 146 Å². The molecule has 5 nitrogen and oxygen atoms in total. The molecule has 1 atom stereocenters. The minimum Gasteiger partial charge on any atom is -0.492 e. The van der Waals surface area contributed by atoms with Gasteiger partial charge in [0.15, 0.2) is 0 Å². The van der Waals surface area contributed by atoms with E-state index in [0.717, 1.165) is 28.9 Å². The molecule has 1 fully saturated rings. The van der Waals surface area contributed by atoms with Crippen LogP contribution in [0.1, 0.15) is 23.1 Å². The van der Waals surface area contributed by atoms with E-state index in [4.69, 9.17) is 4.74 Å². The van der Waals surface area contributed by atoms with E-state index in [1.165, 1.54) is 4.90 Å². The Morgan fingerprint density at radius 1 is 1.16 bits per heavy atom. The molecule has 0 saturated carbocycles. The van der Waals surface area contributed by atoms with Gasteiger partial charge in [0, 0.05) is 0 Å². The zero-order valence-electron chi connectivity index (χ0n) is 14.1. The fourth-order valence-electron chi connectivity index (χ4n) is 3.75. The smallest absolute Gasteiger partial charge is 0.325 e. The summed E-state index contributed by atoms with van der Waals surface area (Å²) in [5, 5.41) is 2.92. The van der Waals surface area contributed by atoms with Gasteiger partial charge in [0.1, 0.15) is 17.9 Å². The highest BCUT2D eigenvalue weighted by Gasteiger charge is 2.54. The van der Waals surface area contributed by atoms with E-state index in [0.29, 0.717) is 6.42 Å². The van der Waals surface area contributed by atoms with Crippen LogP contribution in [0.25, 0.3) is 0 Å². The standard InChI is InChI=1S/C20H20N2O3/c1-14-5-4-7-16(13-14)25-12-11-22-18(23)20(21-19(22)24)10-9-15-6-2-3-8-17(15)20/h2-8,13H,9-12H2,1H3,(H,21,24)/t20-/m1/s1. The van der Waals surface area contributed by atoms with Crippen LogP contribution in [0, 0.1) is 6.92 Å². The van der Waals surface area contributed by atoms with E-state index in [9.17, 15) is 9.59 Å². The molecule has 0 radical (unpaired) electrons. The minimum atomic E-state index is -0.892. The number of nitrogens with one attached hydrogen (secondary N) is 1. The van der Waals surface area contributed by atoms with Gasteiger partial charge in [-0.3, -0.25) is 9.69 Å². The topological polar surface area (TPSA) is 58.6 Å². The molecule has 1 N–H and O–H groups in total. The molecular formula is C20H20N2O3. The molecule has 1 saturated heterocycles. The largest absolute Gasteiger partial charge is 0.492 e. The zero-order valence-corrected chi connectivity index (χ0v) is 14.1. The number of rotatable bonds is 4. The number of amides is 3. The van der Waals surface area contributed by atoms with E-state index in [-0.39, 0.29) is 25.1 Å². The predicted octanol–water partition coefficient (Wildman–Crippen LogP) is 2.77. The first-order valence-electron chi connectivity index (χ1n) is 8.52. The molecule has 25 heavy (non-hydrogen) atoms. The number of carbonyl (C=O) groups is 2. The quantitative estimate of drug-likeness (QED) is 0.874. The zero-order chi connectivity index (χ0) is 17.4. The van der Waals surface area contributed by atoms with E-state index < -0.39 is 5.54 Å². The van der Waals surface area contributed by atoms with E-state index in [1.54, 1.807) is 0 Å². The second kappa shape index (κ2) is 5.92. The summed E-state index contributed by atoms with van der Waals surface area (Å²) in [5.41, 5.74) is 2.27. The van der Waals surface area contributed by atoms with Gasteiger partial charge in [-0.05, 0) is 48.6 Å². The minimum absolute atomic E-state index is 0.171. The Kier molecular flexibility index (Phi) is 3.71. The average molecular weight is 336 g/mol. The second-order valence-corrected chi connectivity index (χ2v) is 6.61. The highest BCUT2D eigenvalue weighted by molar-refractivity contribution is 6.08. The molecule has 0 bridgehead atoms. The lowest BCUT2D eigenvalue weighted by Gasteiger charge is -2.22. The summed E-state index contributed by atoms with van der Waals surface area (Å²) in [6.07, 6.45) is 1.42. The molecule has 1 aliphatic heterocycles. The van der Waals surface area contributed by atoms with Gasteiger partial charge < -0.3 is 10.1 Å². The average Bonchev–Trinajstić information content (AvgIpc) is 3.09. The second-order valence-electron chi connectivity index (χ2n) is 6.61. The van der Waals surface area contributed by atoms with Crippen LogP contribution in [-0.4, -0.2) is 30.0 Å². The van der Waals surface area contributed by atoms with E-state index in [2.05, 4.69) is 5.32 Å². The normalized spacial score (nSPS) is 21.6.